The quantitative estimate of drug-likeness (QED) is 0.566. The molecule has 1 aromatic carbocycles. The number of hydrogen-bond acceptors (Lipinski definition) is 4. The van der Waals surface area contributed by atoms with E-state index in [1.54, 1.807) is 25.4 Å². The summed E-state index contributed by atoms with van der Waals surface area (Å²) in [6, 6.07) is 16.5. The van der Waals surface area contributed by atoms with Gasteiger partial charge in [0.15, 0.2) is 5.11 Å². The molecule has 0 unspecified atom stereocenters. The van der Waals surface area contributed by atoms with Crippen LogP contribution in [0.1, 0.15) is 33.8 Å². The van der Waals surface area contributed by atoms with Gasteiger partial charge in [-0.1, -0.05) is 6.07 Å². The van der Waals surface area contributed by atoms with Crippen LogP contribution in [0.4, 0.5) is 0 Å². The van der Waals surface area contributed by atoms with Crippen LogP contribution in [0.5, 0.6) is 0 Å². The molecule has 1 saturated heterocycles. The van der Waals surface area contributed by atoms with Gasteiger partial charge in [0.1, 0.15) is 0 Å². The van der Waals surface area contributed by atoms with Gasteiger partial charge in [-0.15, -0.1) is 0 Å². The van der Waals surface area contributed by atoms with Crippen molar-refractivity contribution in [3.63, 3.8) is 0 Å². The van der Waals surface area contributed by atoms with E-state index in [4.69, 9.17) is 17.0 Å². The van der Waals surface area contributed by atoms with Crippen LogP contribution in [0, 0.1) is 0 Å². The Kier molecular flexibility index (Phi) is 5.78. The molecule has 0 aliphatic carbocycles. The maximum atomic E-state index is 11.2. The summed E-state index contributed by atoms with van der Waals surface area (Å²) in [5, 5.41) is 13.3. The molecule has 0 spiro atoms. The van der Waals surface area contributed by atoms with Gasteiger partial charge in [0.05, 0.1) is 29.9 Å². The molecule has 4 rings (SSSR count). The number of carbonyl (C=O) groups is 1. The Morgan fingerprint density at radius 1 is 1.20 bits per heavy atom. The van der Waals surface area contributed by atoms with Crippen molar-refractivity contribution in [1.29, 1.82) is 0 Å². The predicted octanol–water partition coefficient (Wildman–Crippen LogP) is 3.19. The van der Waals surface area contributed by atoms with Gasteiger partial charge in [0, 0.05) is 37.4 Å². The molecule has 7 nitrogen and oxygen atoms in total. The first-order valence-corrected chi connectivity index (χ1v) is 9.99. The molecule has 1 aliphatic heterocycles. The Morgan fingerprint density at radius 3 is 2.67 bits per heavy atom. The van der Waals surface area contributed by atoms with Gasteiger partial charge in [0.2, 0.25) is 0 Å². The van der Waals surface area contributed by atoms with Crippen LogP contribution < -0.4 is 5.32 Å². The lowest BCUT2D eigenvalue weighted by Crippen LogP contribution is -2.33. The minimum atomic E-state index is -0.944. The summed E-state index contributed by atoms with van der Waals surface area (Å²) in [5.41, 5.74) is 3.06. The molecular weight excluding hydrogens is 400 g/mol. The zero-order valence-electron chi connectivity index (χ0n) is 16.4. The van der Waals surface area contributed by atoms with Crippen molar-refractivity contribution < 1.29 is 14.6 Å². The number of ether oxygens (including phenoxy) is 1. The third-order valence-corrected chi connectivity index (χ3v) is 5.56. The number of aromatic carboxylic acids is 1. The van der Waals surface area contributed by atoms with E-state index in [1.807, 2.05) is 42.6 Å². The Hall–Kier alpha value is -3.23. The molecule has 3 heterocycles. The van der Waals surface area contributed by atoms with E-state index in [0.717, 1.165) is 17.1 Å². The number of methoxy groups -OCH3 is 1. The third kappa shape index (κ3) is 3.79. The highest BCUT2D eigenvalue weighted by Gasteiger charge is 2.41. The summed E-state index contributed by atoms with van der Waals surface area (Å²) in [6.07, 6.45) is 3.75. The standard InChI is InChI=1S/C22H22N4O3S/c1-29-14-13-26-20(19(24-22(26)30)17-5-2-3-11-23-17)18-6-4-12-25(18)16-9-7-15(8-10-16)21(27)28/h2-12,19-20H,13-14H2,1H3,(H,24,30)(H,27,28)/t19-,20+/m1/s1. The number of nitrogens with zero attached hydrogens (tertiary/aromatic N) is 3. The zero-order chi connectivity index (χ0) is 21.1. The van der Waals surface area contributed by atoms with E-state index in [2.05, 4.69) is 25.8 Å². The molecule has 2 aromatic heterocycles. The second-order valence-electron chi connectivity index (χ2n) is 6.97. The smallest absolute Gasteiger partial charge is 0.335 e. The summed E-state index contributed by atoms with van der Waals surface area (Å²) >= 11 is 5.64. The number of pyridine rings is 1. The summed E-state index contributed by atoms with van der Waals surface area (Å²) in [7, 11) is 1.67. The number of rotatable bonds is 7. The predicted molar refractivity (Wildman–Crippen MR) is 117 cm³/mol. The topological polar surface area (TPSA) is 79.6 Å². The lowest BCUT2D eigenvalue weighted by molar-refractivity contribution is 0.0697. The Bertz CT molecular complexity index is 1040. The molecule has 0 amide bonds. The van der Waals surface area contributed by atoms with Crippen LogP contribution in [0.3, 0.4) is 0 Å². The number of nitrogens with one attached hydrogen (secondary N) is 1. The molecule has 2 atom stereocenters. The molecule has 154 valence electrons. The summed E-state index contributed by atoms with van der Waals surface area (Å²) in [5.74, 6) is -0.944. The van der Waals surface area contributed by atoms with Gasteiger partial charge in [-0.25, -0.2) is 4.79 Å². The van der Waals surface area contributed by atoms with E-state index in [0.29, 0.717) is 18.3 Å². The molecule has 0 saturated carbocycles. The largest absolute Gasteiger partial charge is 0.478 e. The normalized spacial score (nSPS) is 18.4. The lowest BCUT2D eigenvalue weighted by atomic mass is 10.0. The van der Waals surface area contributed by atoms with Crippen molar-refractivity contribution in [2.45, 2.75) is 12.1 Å². The van der Waals surface area contributed by atoms with Crippen molar-refractivity contribution in [3.8, 4) is 5.69 Å². The highest BCUT2D eigenvalue weighted by atomic mass is 32.1. The number of aromatic nitrogens is 2. The highest BCUT2D eigenvalue weighted by Crippen LogP contribution is 2.39. The monoisotopic (exact) mass is 422 g/mol. The fourth-order valence-electron chi connectivity index (χ4n) is 3.79. The minimum absolute atomic E-state index is 0.100. The van der Waals surface area contributed by atoms with Crippen molar-refractivity contribution in [3.05, 3.63) is 83.9 Å². The maximum absolute atomic E-state index is 11.2. The molecule has 8 heteroatoms. The van der Waals surface area contributed by atoms with Gasteiger partial charge in [-0.05, 0) is 60.7 Å². The molecular formula is C22H22N4O3S. The zero-order valence-corrected chi connectivity index (χ0v) is 17.2. The van der Waals surface area contributed by atoms with Crippen molar-refractivity contribution >= 4 is 23.3 Å². The van der Waals surface area contributed by atoms with Crippen molar-refractivity contribution in [2.75, 3.05) is 20.3 Å². The number of carboxylic acid groups (broad SMARTS) is 1. The highest BCUT2D eigenvalue weighted by molar-refractivity contribution is 7.80. The molecule has 30 heavy (non-hydrogen) atoms. The summed E-state index contributed by atoms with van der Waals surface area (Å²) in [6.45, 7) is 1.18. The summed E-state index contributed by atoms with van der Waals surface area (Å²) < 4.78 is 7.36. The third-order valence-electron chi connectivity index (χ3n) is 5.21. The lowest BCUT2D eigenvalue weighted by Gasteiger charge is -2.28. The van der Waals surface area contributed by atoms with Crippen molar-refractivity contribution in [1.82, 2.24) is 19.8 Å². The van der Waals surface area contributed by atoms with Crippen LogP contribution >= 0.6 is 12.2 Å². The van der Waals surface area contributed by atoms with Gasteiger partial charge in [0.25, 0.3) is 0 Å². The van der Waals surface area contributed by atoms with E-state index >= 15 is 0 Å². The first kappa shape index (κ1) is 20.1. The molecule has 0 bridgehead atoms. The summed E-state index contributed by atoms with van der Waals surface area (Å²) in [4.78, 5) is 17.9. The molecule has 0 radical (unpaired) electrons. The Labute approximate surface area is 179 Å². The van der Waals surface area contributed by atoms with Gasteiger partial charge >= 0.3 is 5.97 Å². The number of thiocarbonyl (C=S) groups is 1. The SMILES string of the molecule is COCCN1C(=S)N[C@H](c2ccccn2)[C@@H]1c1cccn1-c1ccc(C(=O)O)cc1. The number of carboxylic acids is 1. The maximum Gasteiger partial charge on any atom is 0.335 e. The average Bonchev–Trinajstić information content (AvgIpc) is 3.37. The minimum Gasteiger partial charge on any atom is -0.478 e. The van der Waals surface area contributed by atoms with Gasteiger partial charge in [-0.2, -0.15) is 0 Å². The van der Waals surface area contributed by atoms with Crippen LogP contribution in [0.2, 0.25) is 0 Å². The van der Waals surface area contributed by atoms with Gasteiger partial charge < -0.3 is 24.6 Å². The molecule has 2 N–H and O–H groups in total. The van der Waals surface area contributed by atoms with E-state index in [1.165, 1.54) is 0 Å². The van der Waals surface area contributed by atoms with E-state index in [-0.39, 0.29) is 17.6 Å². The fourth-order valence-corrected chi connectivity index (χ4v) is 4.12. The van der Waals surface area contributed by atoms with E-state index < -0.39 is 5.97 Å². The van der Waals surface area contributed by atoms with Crippen LogP contribution in [-0.4, -0.2) is 50.9 Å². The molecule has 1 fully saturated rings. The second-order valence-corrected chi connectivity index (χ2v) is 7.35. The average molecular weight is 423 g/mol. The van der Waals surface area contributed by atoms with Crippen LogP contribution in [0.25, 0.3) is 5.69 Å². The van der Waals surface area contributed by atoms with Crippen LogP contribution in [-0.2, 0) is 4.74 Å². The fraction of sp³-hybridized carbons (Fsp3) is 0.227. The Morgan fingerprint density at radius 2 is 2.00 bits per heavy atom. The number of benzene rings is 1. The second kappa shape index (κ2) is 8.64. The van der Waals surface area contributed by atoms with E-state index in [9.17, 15) is 9.90 Å². The Balaban J connectivity index is 1.76. The molecule has 1 aliphatic rings. The first-order chi connectivity index (χ1) is 14.6. The first-order valence-electron chi connectivity index (χ1n) is 9.58. The van der Waals surface area contributed by atoms with Crippen molar-refractivity contribution in [2.24, 2.45) is 0 Å². The number of hydrogen-bond donors (Lipinski definition) is 2. The van der Waals surface area contributed by atoms with Gasteiger partial charge in [-0.3, -0.25) is 4.98 Å². The van der Waals surface area contributed by atoms with Crippen LogP contribution in [0.15, 0.2) is 67.0 Å². The molecule has 3 aromatic rings.